The number of nitrogens with one attached hydrogen (secondary N) is 1. The van der Waals surface area contributed by atoms with E-state index in [1.807, 2.05) is 11.0 Å². The van der Waals surface area contributed by atoms with Crippen LogP contribution in [0.3, 0.4) is 0 Å². The third kappa shape index (κ3) is 4.24. The van der Waals surface area contributed by atoms with Crippen molar-refractivity contribution >= 4 is 11.8 Å². The SMILES string of the molecule is O=C(NCc1cnccn1)[C@H]1[C@@H]2C[C@@H](CN(Cc3cccc(F)c3)C2)[C@@H]2CCCC(=O)N21. The monoisotopic (exact) mass is 437 g/mol. The number of rotatable bonds is 5. The van der Waals surface area contributed by atoms with Crippen molar-refractivity contribution in [1.82, 2.24) is 25.1 Å². The zero-order chi connectivity index (χ0) is 22.1. The molecular formula is C24H28FN5O2. The smallest absolute Gasteiger partial charge is 0.243 e. The molecule has 1 N–H and O–H groups in total. The Hall–Kier alpha value is -2.87. The first-order valence-corrected chi connectivity index (χ1v) is 11.4. The Labute approximate surface area is 187 Å². The molecule has 4 heterocycles. The first kappa shape index (κ1) is 21.0. The van der Waals surface area contributed by atoms with Gasteiger partial charge in [0.2, 0.25) is 11.8 Å². The highest BCUT2D eigenvalue weighted by Crippen LogP contribution is 2.42. The predicted molar refractivity (Wildman–Crippen MR) is 115 cm³/mol. The molecule has 0 radical (unpaired) electrons. The fraction of sp³-hybridized carbons (Fsp3) is 0.500. The van der Waals surface area contributed by atoms with Crippen LogP contribution in [0.2, 0.25) is 0 Å². The fourth-order valence-electron chi connectivity index (χ4n) is 5.82. The van der Waals surface area contributed by atoms with Crippen LogP contribution in [0.15, 0.2) is 42.9 Å². The number of carbonyl (C=O) groups is 2. The first-order chi connectivity index (χ1) is 15.6. The average molecular weight is 438 g/mol. The molecule has 0 saturated carbocycles. The van der Waals surface area contributed by atoms with Gasteiger partial charge in [-0.1, -0.05) is 12.1 Å². The normalized spacial score (nSPS) is 27.7. The Balaban J connectivity index is 1.35. The fourth-order valence-corrected chi connectivity index (χ4v) is 5.82. The zero-order valence-electron chi connectivity index (χ0n) is 18.0. The number of amides is 2. The molecule has 3 aliphatic rings. The van der Waals surface area contributed by atoms with Gasteiger partial charge in [0, 0.05) is 50.4 Å². The number of carbonyl (C=O) groups excluding carboxylic acids is 2. The zero-order valence-corrected chi connectivity index (χ0v) is 18.0. The summed E-state index contributed by atoms with van der Waals surface area (Å²) >= 11 is 0. The molecule has 3 saturated heterocycles. The van der Waals surface area contributed by atoms with Gasteiger partial charge in [-0.2, -0.15) is 0 Å². The van der Waals surface area contributed by atoms with E-state index in [-0.39, 0.29) is 29.6 Å². The van der Waals surface area contributed by atoms with E-state index >= 15 is 0 Å². The maximum Gasteiger partial charge on any atom is 0.243 e. The molecule has 3 fully saturated rings. The lowest BCUT2D eigenvalue weighted by Crippen LogP contribution is -2.68. The van der Waals surface area contributed by atoms with Crippen LogP contribution in [0.5, 0.6) is 0 Å². The number of benzene rings is 1. The molecule has 1 aromatic carbocycles. The number of fused-ring (bicyclic) bond motifs is 4. The quantitative estimate of drug-likeness (QED) is 0.776. The van der Waals surface area contributed by atoms with Gasteiger partial charge in [0.15, 0.2) is 0 Å². The summed E-state index contributed by atoms with van der Waals surface area (Å²) in [6.45, 7) is 2.53. The molecule has 1 aromatic heterocycles. The van der Waals surface area contributed by atoms with E-state index in [0.717, 1.165) is 31.4 Å². The summed E-state index contributed by atoms with van der Waals surface area (Å²) in [6, 6.07) is 6.32. The summed E-state index contributed by atoms with van der Waals surface area (Å²) in [7, 11) is 0. The summed E-state index contributed by atoms with van der Waals surface area (Å²) in [5, 5.41) is 2.99. The molecule has 2 aromatic rings. The summed E-state index contributed by atoms with van der Waals surface area (Å²) in [6.07, 6.45) is 8.09. The van der Waals surface area contributed by atoms with Crippen molar-refractivity contribution in [3.05, 3.63) is 59.9 Å². The molecular weight excluding hydrogens is 409 g/mol. The first-order valence-electron chi connectivity index (χ1n) is 11.4. The molecule has 0 unspecified atom stereocenters. The van der Waals surface area contributed by atoms with E-state index in [1.165, 1.54) is 6.07 Å². The maximum absolute atomic E-state index is 13.7. The van der Waals surface area contributed by atoms with Crippen molar-refractivity contribution < 1.29 is 14.0 Å². The number of hydrogen-bond acceptors (Lipinski definition) is 5. The van der Waals surface area contributed by atoms with E-state index in [2.05, 4.69) is 20.2 Å². The molecule has 4 atom stereocenters. The lowest BCUT2D eigenvalue weighted by molar-refractivity contribution is -0.160. The summed E-state index contributed by atoms with van der Waals surface area (Å²) in [5.74, 6) is 0.143. The number of piperidine rings is 3. The Morgan fingerprint density at radius 2 is 2.09 bits per heavy atom. The predicted octanol–water partition coefficient (Wildman–Crippen LogP) is 2.13. The van der Waals surface area contributed by atoms with E-state index in [4.69, 9.17) is 0 Å². The minimum absolute atomic E-state index is 0.0578. The number of likely N-dealkylation sites (tertiary alicyclic amines) is 1. The molecule has 8 heteroatoms. The van der Waals surface area contributed by atoms with Crippen LogP contribution in [0.1, 0.15) is 36.9 Å². The second-order valence-corrected chi connectivity index (χ2v) is 9.20. The number of halogens is 1. The maximum atomic E-state index is 13.7. The number of hydrogen-bond donors (Lipinski definition) is 1. The van der Waals surface area contributed by atoms with Gasteiger partial charge in [-0.25, -0.2) is 4.39 Å². The summed E-state index contributed by atoms with van der Waals surface area (Å²) in [4.78, 5) is 38.8. The minimum atomic E-state index is -0.476. The highest BCUT2D eigenvalue weighted by Gasteiger charge is 2.51. The van der Waals surface area contributed by atoms with Gasteiger partial charge in [0.25, 0.3) is 0 Å². The van der Waals surface area contributed by atoms with E-state index < -0.39 is 6.04 Å². The molecule has 5 rings (SSSR count). The van der Waals surface area contributed by atoms with Crippen molar-refractivity contribution in [2.24, 2.45) is 11.8 Å². The van der Waals surface area contributed by atoms with Gasteiger partial charge in [-0.15, -0.1) is 0 Å². The highest BCUT2D eigenvalue weighted by atomic mass is 19.1. The average Bonchev–Trinajstić information content (AvgIpc) is 2.79. The lowest BCUT2D eigenvalue weighted by Gasteiger charge is -2.55. The van der Waals surface area contributed by atoms with E-state index in [0.29, 0.717) is 37.7 Å². The largest absolute Gasteiger partial charge is 0.349 e. The Morgan fingerprint density at radius 1 is 1.22 bits per heavy atom. The van der Waals surface area contributed by atoms with Gasteiger partial charge < -0.3 is 10.2 Å². The Kier molecular flexibility index (Phi) is 5.87. The summed E-state index contributed by atoms with van der Waals surface area (Å²) in [5.41, 5.74) is 1.62. The van der Waals surface area contributed by atoms with Crippen molar-refractivity contribution in [1.29, 1.82) is 0 Å². The molecule has 0 spiro atoms. The molecule has 32 heavy (non-hydrogen) atoms. The van der Waals surface area contributed by atoms with Crippen LogP contribution < -0.4 is 5.32 Å². The molecule has 7 nitrogen and oxygen atoms in total. The van der Waals surface area contributed by atoms with Crippen LogP contribution in [0, 0.1) is 17.7 Å². The van der Waals surface area contributed by atoms with Gasteiger partial charge in [-0.3, -0.25) is 24.5 Å². The third-order valence-electron chi connectivity index (χ3n) is 7.04. The highest BCUT2D eigenvalue weighted by molar-refractivity contribution is 5.89. The summed E-state index contributed by atoms with van der Waals surface area (Å²) < 4.78 is 13.7. The number of aromatic nitrogens is 2. The second kappa shape index (κ2) is 8.94. The molecule has 2 amide bonds. The van der Waals surface area contributed by atoms with Gasteiger partial charge in [-0.05, 0) is 42.9 Å². The standard InChI is InChI=1S/C24H28FN5O2/c25-19-4-1-3-16(9-19)13-29-14-17-10-18(15-29)23(30-21(17)5-2-6-22(30)31)24(32)28-12-20-11-26-7-8-27-20/h1,3-4,7-9,11,17-18,21,23H,2,5-6,10,12-15H2,(H,28,32)/t17-,18+,21-,23+/m0/s1. The van der Waals surface area contributed by atoms with Crippen LogP contribution in [0.4, 0.5) is 4.39 Å². The van der Waals surface area contributed by atoms with Crippen molar-refractivity contribution in [2.75, 3.05) is 13.1 Å². The van der Waals surface area contributed by atoms with E-state index in [1.54, 1.807) is 30.7 Å². The van der Waals surface area contributed by atoms with Crippen molar-refractivity contribution in [3.8, 4) is 0 Å². The Morgan fingerprint density at radius 3 is 2.91 bits per heavy atom. The van der Waals surface area contributed by atoms with Crippen LogP contribution in [-0.4, -0.2) is 56.8 Å². The topological polar surface area (TPSA) is 78.4 Å². The van der Waals surface area contributed by atoms with Gasteiger partial charge in [0.05, 0.1) is 18.4 Å². The van der Waals surface area contributed by atoms with Crippen molar-refractivity contribution in [3.63, 3.8) is 0 Å². The molecule has 0 aliphatic carbocycles. The minimum Gasteiger partial charge on any atom is -0.349 e. The third-order valence-corrected chi connectivity index (χ3v) is 7.04. The molecule has 2 bridgehead atoms. The van der Waals surface area contributed by atoms with Crippen LogP contribution in [0.25, 0.3) is 0 Å². The molecule has 3 aliphatic heterocycles. The van der Waals surface area contributed by atoms with Crippen molar-refractivity contribution in [2.45, 2.75) is 50.9 Å². The van der Waals surface area contributed by atoms with Gasteiger partial charge >= 0.3 is 0 Å². The lowest BCUT2D eigenvalue weighted by atomic mass is 9.71. The van der Waals surface area contributed by atoms with Crippen LogP contribution >= 0.6 is 0 Å². The second-order valence-electron chi connectivity index (χ2n) is 9.20. The Bertz CT molecular complexity index is 987. The number of nitrogens with zero attached hydrogens (tertiary/aromatic N) is 4. The van der Waals surface area contributed by atoms with Gasteiger partial charge in [0.1, 0.15) is 11.9 Å². The molecule has 168 valence electrons. The van der Waals surface area contributed by atoms with E-state index in [9.17, 15) is 14.0 Å². The van der Waals surface area contributed by atoms with Crippen LogP contribution in [-0.2, 0) is 22.7 Å².